The Morgan fingerprint density at radius 3 is 2.29 bits per heavy atom. The number of rotatable bonds is 8. The largest absolute Gasteiger partial charge is 0.355 e. The van der Waals surface area contributed by atoms with Crippen LogP contribution in [0.25, 0.3) is 0 Å². The zero-order valence-electron chi connectivity index (χ0n) is 16.4. The first-order valence-electron chi connectivity index (χ1n) is 9.54. The van der Waals surface area contributed by atoms with Crippen molar-refractivity contribution in [1.29, 1.82) is 0 Å². The molecule has 5 nitrogen and oxygen atoms in total. The van der Waals surface area contributed by atoms with Crippen LogP contribution in [0.4, 0.5) is 5.82 Å². The number of benzene rings is 2. The van der Waals surface area contributed by atoms with E-state index in [0.29, 0.717) is 18.1 Å². The van der Waals surface area contributed by atoms with Crippen LogP contribution in [0, 0.1) is 6.92 Å². The van der Waals surface area contributed by atoms with Gasteiger partial charge in [-0.05, 0) is 30.9 Å². The molecular formula is C23H26N4O. The standard InChI is InChI=1S/C23H26N4O/c1-18-25-21(23(28)24-15-9-14-19-10-5-3-6-11-19)16-22(26-18)27(2)17-20-12-7-4-8-13-20/h3-8,10-13,16H,9,14-15,17H2,1-2H3,(H,24,28). The van der Waals surface area contributed by atoms with Gasteiger partial charge in [0, 0.05) is 26.2 Å². The number of hydrogen-bond acceptors (Lipinski definition) is 4. The second-order valence-corrected chi connectivity index (χ2v) is 6.85. The Morgan fingerprint density at radius 2 is 1.61 bits per heavy atom. The molecule has 0 bridgehead atoms. The molecule has 0 saturated heterocycles. The predicted octanol–water partition coefficient (Wildman–Crippen LogP) is 3.78. The van der Waals surface area contributed by atoms with E-state index in [4.69, 9.17) is 0 Å². The van der Waals surface area contributed by atoms with E-state index in [-0.39, 0.29) is 5.91 Å². The molecule has 3 rings (SSSR count). The highest BCUT2D eigenvalue weighted by Crippen LogP contribution is 2.14. The Hall–Kier alpha value is -3.21. The Kier molecular flexibility index (Phi) is 6.73. The summed E-state index contributed by atoms with van der Waals surface area (Å²) in [4.78, 5) is 23.3. The van der Waals surface area contributed by atoms with Crippen molar-refractivity contribution in [3.63, 3.8) is 0 Å². The van der Waals surface area contributed by atoms with Crippen LogP contribution < -0.4 is 10.2 Å². The molecule has 1 N–H and O–H groups in total. The highest BCUT2D eigenvalue weighted by atomic mass is 16.1. The van der Waals surface area contributed by atoms with Crippen LogP contribution in [0.15, 0.2) is 66.7 Å². The Balaban J connectivity index is 1.58. The van der Waals surface area contributed by atoms with Crippen molar-refractivity contribution in [2.24, 2.45) is 0 Å². The van der Waals surface area contributed by atoms with Gasteiger partial charge in [0.1, 0.15) is 17.3 Å². The van der Waals surface area contributed by atoms with Crippen LogP contribution in [0.3, 0.4) is 0 Å². The summed E-state index contributed by atoms with van der Waals surface area (Å²) in [5, 5.41) is 2.96. The highest BCUT2D eigenvalue weighted by molar-refractivity contribution is 5.92. The maximum Gasteiger partial charge on any atom is 0.270 e. The summed E-state index contributed by atoms with van der Waals surface area (Å²) in [6.45, 7) is 3.15. The maximum absolute atomic E-state index is 12.5. The molecule has 0 atom stereocenters. The second-order valence-electron chi connectivity index (χ2n) is 6.85. The zero-order chi connectivity index (χ0) is 19.8. The van der Waals surface area contributed by atoms with Gasteiger partial charge >= 0.3 is 0 Å². The molecule has 1 amide bonds. The van der Waals surface area contributed by atoms with Gasteiger partial charge < -0.3 is 10.2 Å². The summed E-state index contributed by atoms with van der Waals surface area (Å²) in [5.41, 5.74) is 2.87. The van der Waals surface area contributed by atoms with Gasteiger partial charge in [0.25, 0.3) is 5.91 Å². The smallest absolute Gasteiger partial charge is 0.270 e. The van der Waals surface area contributed by atoms with Gasteiger partial charge in [-0.15, -0.1) is 0 Å². The number of aromatic nitrogens is 2. The molecule has 0 aliphatic heterocycles. The molecule has 1 aromatic heterocycles. The summed E-state index contributed by atoms with van der Waals surface area (Å²) in [6.07, 6.45) is 1.83. The third kappa shape index (κ3) is 5.64. The second kappa shape index (κ2) is 9.65. The molecule has 3 aromatic rings. The van der Waals surface area contributed by atoms with Crippen molar-refractivity contribution in [3.05, 3.63) is 89.4 Å². The summed E-state index contributed by atoms with van der Waals surface area (Å²) in [7, 11) is 1.97. The van der Waals surface area contributed by atoms with Crippen LogP contribution in [0.2, 0.25) is 0 Å². The molecule has 0 radical (unpaired) electrons. The van der Waals surface area contributed by atoms with E-state index in [9.17, 15) is 4.79 Å². The minimum absolute atomic E-state index is 0.159. The predicted molar refractivity (Wildman–Crippen MR) is 112 cm³/mol. The number of carbonyl (C=O) groups excluding carboxylic acids is 1. The van der Waals surface area contributed by atoms with Crippen LogP contribution in [0.5, 0.6) is 0 Å². The lowest BCUT2D eigenvalue weighted by Gasteiger charge is -2.19. The minimum Gasteiger partial charge on any atom is -0.355 e. The molecule has 0 saturated carbocycles. The van der Waals surface area contributed by atoms with E-state index in [1.165, 1.54) is 11.1 Å². The van der Waals surface area contributed by atoms with Crippen LogP contribution >= 0.6 is 0 Å². The SMILES string of the molecule is Cc1nc(C(=O)NCCCc2ccccc2)cc(N(C)Cc2ccccc2)n1. The first-order valence-corrected chi connectivity index (χ1v) is 9.54. The zero-order valence-corrected chi connectivity index (χ0v) is 16.4. The van der Waals surface area contributed by atoms with Crippen molar-refractivity contribution in [1.82, 2.24) is 15.3 Å². The van der Waals surface area contributed by atoms with Crippen molar-refractivity contribution in [3.8, 4) is 0 Å². The van der Waals surface area contributed by atoms with E-state index in [2.05, 4.69) is 39.6 Å². The maximum atomic E-state index is 12.5. The third-order valence-corrected chi connectivity index (χ3v) is 4.48. The summed E-state index contributed by atoms with van der Waals surface area (Å²) >= 11 is 0. The molecule has 0 fully saturated rings. The van der Waals surface area contributed by atoms with E-state index in [1.807, 2.05) is 55.3 Å². The molecule has 0 spiro atoms. The number of amides is 1. The number of nitrogens with zero attached hydrogens (tertiary/aromatic N) is 3. The van der Waals surface area contributed by atoms with E-state index >= 15 is 0 Å². The molecule has 5 heteroatoms. The van der Waals surface area contributed by atoms with Crippen molar-refractivity contribution < 1.29 is 4.79 Å². The van der Waals surface area contributed by atoms with Gasteiger partial charge in [0.05, 0.1) is 0 Å². The average Bonchev–Trinajstić information content (AvgIpc) is 2.72. The third-order valence-electron chi connectivity index (χ3n) is 4.48. The quantitative estimate of drug-likeness (QED) is 0.610. The lowest BCUT2D eigenvalue weighted by Crippen LogP contribution is -2.27. The monoisotopic (exact) mass is 374 g/mol. The minimum atomic E-state index is -0.159. The molecule has 1 heterocycles. The Labute approximate surface area is 166 Å². The number of carbonyl (C=O) groups is 1. The van der Waals surface area contributed by atoms with Gasteiger partial charge in [-0.1, -0.05) is 60.7 Å². The van der Waals surface area contributed by atoms with Crippen molar-refractivity contribution >= 4 is 11.7 Å². The lowest BCUT2D eigenvalue weighted by atomic mass is 10.1. The molecule has 0 aliphatic carbocycles. The van der Waals surface area contributed by atoms with Gasteiger partial charge in [-0.25, -0.2) is 9.97 Å². The summed E-state index contributed by atoms with van der Waals surface area (Å²) in [6, 6.07) is 22.2. The van der Waals surface area contributed by atoms with Crippen LogP contribution in [-0.4, -0.2) is 29.5 Å². The molecule has 0 unspecified atom stereocenters. The summed E-state index contributed by atoms with van der Waals surface area (Å²) in [5.74, 6) is 1.17. The van der Waals surface area contributed by atoms with Gasteiger partial charge in [0.2, 0.25) is 0 Å². The number of hydrogen-bond donors (Lipinski definition) is 1. The lowest BCUT2D eigenvalue weighted by molar-refractivity contribution is 0.0948. The Morgan fingerprint density at radius 1 is 0.964 bits per heavy atom. The highest BCUT2D eigenvalue weighted by Gasteiger charge is 2.12. The average molecular weight is 374 g/mol. The van der Waals surface area contributed by atoms with Gasteiger partial charge in [-0.3, -0.25) is 4.79 Å². The number of aryl methyl sites for hydroxylation is 2. The van der Waals surface area contributed by atoms with E-state index < -0.39 is 0 Å². The topological polar surface area (TPSA) is 58.1 Å². The van der Waals surface area contributed by atoms with Crippen molar-refractivity contribution in [2.45, 2.75) is 26.3 Å². The molecule has 2 aromatic carbocycles. The van der Waals surface area contributed by atoms with Crippen molar-refractivity contribution in [2.75, 3.05) is 18.5 Å². The molecule has 28 heavy (non-hydrogen) atoms. The number of anilines is 1. The fraction of sp³-hybridized carbons (Fsp3) is 0.261. The molecule has 0 aliphatic rings. The fourth-order valence-electron chi connectivity index (χ4n) is 3.03. The summed E-state index contributed by atoms with van der Waals surface area (Å²) < 4.78 is 0. The molecular weight excluding hydrogens is 348 g/mol. The van der Waals surface area contributed by atoms with Gasteiger partial charge in [-0.2, -0.15) is 0 Å². The first kappa shape index (κ1) is 19.5. The van der Waals surface area contributed by atoms with E-state index in [1.54, 1.807) is 6.07 Å². The first-order chi connectivity index (χ1) is 13.6. The molecule has 144 valence electrons. The Bertz CT molecular complexity index is 897. The van der Waals surface area contributed by atoms with E-state index in [0.717, 1.165) is 25.2 Å². The number of nitrogens with one attached hydrogen (secondary N) is 1. The fourth-order valence-corrected chi connectivity index (χ4v) is 3.03. The van der Waals surface area contributed by atoms with Crippen LogP contribution in [0.1, 0.15) is 33.9 Å². The van der Waals surface area contributed by atoms with Crippen LogP contribution in [-0.2, 0) is 13.0 Å². The van der Waals surface area contributed by atoms with Gasteiger partial charge in [0.15, 0.2) is 0 Å². The normalized spacial score (nSPS) is 10.5.